The van der Waals surface area contributed by atoms with Crippen molar-refractivity contribution in [2.75, 3.05) is 53.6 Å². The molecule has 0 aliphatic carbocycles. The summed E-state index contributed by atoms with van der Waals surface area (Å²) < 4.78 is 36.4. The van der Waals surface area contributed by atoms with Crippen LogP contribution in [-0.4, -0.2) is 86.6 Å². The maximum atomic E-state index is 13.7. The number of nitrogens with one attached hydrogen (secondary N) is 1. The van der Waals surface area contributed by atoms with Crippen molar-refractivity contribution in [2.24, 2.45) is 4.99 Å². The molecule has 3 atom stereocenters. The highest BCUT2D eigenvalue weighted by Gasteiger charge is 2.34. The van der Waals surface area contributed by atoms with Gasteiger partial charge in [-0.05, 0) is 18.6 Å². The van der Waals surface area contributed by atoms with Crippen molar-refractivity contribution in [2.45, 2.75) is 58.7 Å². The van der Waals surface area contributed by atoms with E-state index in [0.29, 0.717) is 55.8 Å². The van der Waals surface area contributed by atoms with Crippen molar-refractivity contribution < 1.29 is 28.2 Å². The zero-order valence-corrected chi connectivity index (χ0v) is 27.9. The van der Waals surface area contributed by atoms with Gasteiger partial charge in [-0.2, -0.15) is 0 Å². The van der Waals surface area contributed by atoms with Gasteiger partial charge in [0.15, 0.2) is 17.7 Å². The fourth-order valence-electron chi connectivity index (χ4n) is 5.71. The van der Waals surface area contributed by atoms with Gasteiger partial charge in [0.05, 0.1) is 27.4 Å². The van der Waals surface area contributed by atoms with E-state index >= 15 is 0 Å². The van der Waals surface area contributed by atoms with Crippen LogP contribution in [0.5, 0.6) is 11.5 Å². The molecule has 3 aliphatic heterocycles. The van der Waals surface area contributed by atoms with Gasteiger partial charge in [0.25, 0.3) is 0 Å². The highest BCUT2D eigenvalue weighted by Crippen LogP contribution is 2.33. The van der Waals surface area contributed by atoms with Crippen molar-refractivity contribution in [3.63, 3.8) is 0 Å². The topological polar surface area (TPSA) is 89.9 Å². The van der Waals surface area contributed by atoms with Crippen molar-refractivity contribution in [3.05, 3.63) is 89.5 Å². The molecular weight excluding hydrogens is 589 g/mol. The van der Waals surface area contributed by atoms with Crippen LogP contribution in [0.2, 0.25) is 0 Å². The van der Waals surface area contributed by atoms with Crippen LogP contribution < -0.4 is 15.0 Å². The normalized spacial score (nSPS) is 23.2. The Hall–Kier alpha value is -3.61. The molecule has 2 aromatic carbocycles. The molecule has 3 aromatic rings. The summed E-state index contributed by atoms with van der Waals surface area (Å²) in [7, 11) is 3.29. The molecule has 0 spiro atoms. The van der Waals surface area contributed by atoms with Gasteiger partial charge in [-0.1, -0.05) is 62.4 Å². The number of ether oxygens (including phenoxy) is 4. The second-order valence-electron chi connectivity index (χ2n) is 11.2. The molecule has 0 radical (unpaired) electrons. The van der Waals surface area contributed by atoms with E-state index in [1.807, 2.05) is 38.1 Å². The molecule has 2 saturated heterocycles. The van der Waals surface area contributed by atoms with Gasteiger partial charge in [0, 0.05) is 64.0 Å². The predicted octanol–water partition coefficient (Wildman–Crippen LogP) is 5.18. The molecule has 0 bridgehead atoms. The number of hydroxylamine groups is 1. The SMILES string of the molecule is CC.CC1=NC(C2CN(Cc3ccccc3F)CCO2)NO1.COc1ccnc(CN2CCOC(C)(c3ccccc3)C2)c1OC. The molecule has 3 aliphatic rings. The lowest BCUT2D eigenvalue weighted by Crippen LogP contribution is -2.49. The molecule has 3 unspecified atom stereocenters. The first-order chi connectivity index (χ1) is 22.4. The van der Waals surface area contributed by atoms with Crippen molar-refractivity contribution in [3.8, 4) is 11.5 Å². The van der Waals surface area contributed by atoms with E-state index < -0.39 is 0 Å². The van der Waals surface area contributed by atoms with E-state index in [-0.39, 0.29) is 23.7 Å². The summed E-state index contributed by atoms with van der Waals surface area (Å²) in [6.07, 6.45) is 1.50. The average Bonchev–Trinajstić information content (AvgIpc) is 3.54. The van der Waals surface area contributed by atoms with E-state index in [2.05, 4.69) is 56.4 Å². The van der Waals surface area contributed by atoms with Crippen LogP contribution in [0.25, 0.3) is 0 Å². The Balaban J connectivity index is 0.000000201. The number of aliphatic imine (C=N–C) groups is 1. The minimum Gasteiger partial charge on any atom is -0.493 e. The Morgan fingerprint density at radius 2 is 1.70 bits per heavy atom. The quantitative estimate of drug-likeness (QED) is 0.359. The zero-order valence-electron chi connectivity index (χ0n) is 27.9. The Labute approximate surface area is 272 Å². The minimum atomic E-state index is -0.314. The highest BCUT2D eigenvalue weighted by atomic mass is 19.1. The van der Waals surface area contributed by atoms with E-state index in [1.165, 1.54) is 11.6 Å². The third kappa shape index (κ3) is 9.23. The zero-order chi connectivity index (χ0) is 32.9. The predicted molar refractivity (Wildman–Crippen MR) is 176 cm³/mol. The van der Waals surface area contributed by atoms with Crippen LogP contribution in [0.3, 0.4) is 0 Å². The Morgan fingerprint density at radius 3 is 2.39 bits per heavy atom. The molecule has 250 valence electrons. The Bertz CT molecular complexity index is 1400. The molecule has 46 heavy (non-hydrogen) atoms. The van der Waals surface area contributed by atoms with E-state index in [9.17, 15) is 4.39 Å². The van der Waals surface area contributed by atoms with Crippen LogP contribution in [0.15, 0.2) is 71.9 Å². The van der Waals surface area contributed by atoms with Crippen LogP contribution >= 0.6 is 0 Å². The molecule has 1 N–H and O–H groups in total. The smallest absolute Gasteiger partial charge is 0.208 e. The summed E-state index contributed by atoms with van der Waals surface area (Å²) in [5.41, 5.74) is 5.32. The summed E-state index contributed by atoms with van der Waals surface area (Å²) in [6.45, 7) is 13.7. The lowest BCUT2D eigenvalue weighted by atomic mass is 9.94. The number of morpholine rings is 2. The Morgan fingerprint density at radius 1 is 0.957 bits per heavy atom. The fourth-order valence-corrected chi connectivity index (χ4v) is 5.71. The summed E-state index contributed by atoms with van der Waals surface area (Å²) in [6, 6.07) is 19.1. The summed E-state index contributed by atoms with van der Waals surface area (Å²) in [5.74, 6) is 1.87. The van der Waals surface area contributed by atoms with Crippen LogP contribution in [-0.2, 0) is 33.0 Å². The number of pyridine rings is 1. The second kappa shape index (κ2) is 17.3. The molecule has 1 aromatic heterocycles. The number of hydrogen-bond donors (Lipinski definition) is 1. The number of halogens is 1. The van der Waals surface area contributed by atoms with Gasteiger partial charge in [-0.15, -0.1) is 5.48 Å². The first-order valence-corrected chi connectivity index (χ1v) is 15.9. The molecular formula is C35H48FN5O5. The molecule has 4 heterocycles. The first-order valence-electron chi connectivity index (χ1n) is 15.9. The van der Waals surface area contributed by atoms with Crippen LogP contribution in [0.1, 0.15) is 44.5 Å². The summed E-state index contributed by atoms with van der Waals surface area (Å²) in [4.78, 5) is 18.5. The van der Waals surface area contributed by atoms with E-state index in [4.69, 9.17) is 23.8 Å². The molecule has 10 nitrogen and oxygen atoms in total. The van der Waals surface area contributed by atoms with Gasteiger partial charge >= 0.3 is 0 Å². The Kier molecular flexibility index (Phi) is 13.3. The van der Waals surface area contributed by atoms with E-state index in [1.54, 1.807) is 33.4 Å². The number of benzene rings is 2. The monoisotopic (exact) mass is 637 g/mol. The molecule has 6 rings (SSSR count). The third-order valence-corrected chi connectivity index (χ3v) is 8.01. The number of rotatable bonds is 8. The van der Waals surface area contributed by atoms with Gasteiger partial charge in [-0.25, -0.2) is 9.38 Å². The number of methoxy groups -OCH3 is 2. The van der Waals surface area contributed by atoms with Crippen LogP contribution in [0.4, 0.5) is 4.39 Å². The van der Waals surface area contributed by atoms with Crippen molar-refractivity contribution in [1.29, 1.82) is 0 Å². The maximum absolute atomic E-state index is 13.7. The van der Waals surface area contributed by atoms with Crippen molar-refractivity contribution in [1.82, 2.24) is 20.3 Å². The first kappa shape index (κ1) is 35.2. The van der Waals surface area contributed by atoms with Gasteiger partial charge in [0.2, 0.25) is 5.90 Å². The van der Waals surface area contributed by atoms with Gasteiger partial charge < -0.3 is 23.8 Å². The number of hydrogen-bond acceptors (Lipinski definition) is 10. The molecule has 0 amide bonds. The van der Waals surface area contributed by atoms with Crippen LogP contribution in [0, 0.1) is 5.82 Å². The lowest BCUT2D eigenvalue weighted by molar-refractivity contribution is -0.105. The van der Waals surface area contributed by atoms with Gasteiger partial charge in [0.1, 0.15) is 23.2 Å². The second-order valence-corrected chi connectivity index (χ2v) is 11.2. The highest BCUT2D eigenvalue weighted by molar-refractivity contribution is 5.74. The molecule has 2 fully saturated rings. The molecule has 11 heteroatoms. The number of aromatic nitrogens is 1. The average molecular weight is 638 g/mol. The van der Waals surface area contributed by atoms with Gasteiger partial charge in [-0.3, -0.25) is 14.8 Å². The maximum Gasteiger partial charge on any atom is 0.208 e. The summed E-state index contributed by atoms with van der Waals surface area (Å²) >= 11 is 0. The van der Waals surface area contributed by atoms with E-state index in [0.717, 1.165) is 25.3 Å². The number of nitrogens with zero attached hydrogens (tertiary/aromatic N) is 4. The molecule has 0 saturated carbocycles. The lowest BCUT2D eigenvalue weighted by Gasteiger charge is -2.40. The minimum absolute atomic E-state index is 0.0760. The standard InChI is InChI=1S/C19H24N2O3.C14H18FN3O2.C2H6/c1-19(15-7-5-4-6-8-15)14-21(11-12-24-19)13-16-18(23-3)17(22-2)9-10-20-16;1-10-16-14(17-20-10)13-9-18(6-7-19-13)8-11-4-2-3-5-12(11)15;1-2/h4-10H,11-14H2,1-3H3;2-5,13-14,17H,6-9H2,1H3;1-2H3. The third-order valence-electron chi connectivity index (χ3n) is 8.01. The fraction of sp³-hybridized carbons (Fsp3) is 0.486. The van der Waals surface area contributed by atoms with Crippen molar-refractivity contribution >= 4 is 5.90 Å². The summed E-state index contributed by atoms with van der Waals surface area (Å²) in [5, 5.41) is 0. The largest absolute Gasteiger partial charge is 0.493 e.